The first kappa shape index (κ1) is 11.8. The fourth-order valence-electron chi connectivity index (χ4n) is 2.02. The van der Waals surface area contributed by atoms with E-state index in [0.29, 0.717) is 24.8 Å². The second kappa shape index (κ2) is 4.67. The molecule has 0 aliphatic carbocycles. The van der Waals surface area contributed by atoms with Gasteiger partial charge in [0.15, 0.2) is 5.82 Å². The molecule has 0 bridgehead atoms. The number of anilines is 1. The highest BCUT2D eigenvalue weighted by Crippen LogP contribution is 2.24. The topological polar surface area (TPSA) is 58.4 Å². The third-order valence-electron chi connectivity index (χ3n) is 2.85. The van der Waals surface area contributed by atoms with Crippen molar-refractivity contribution in [2.24, 2.45) is 0 Å². The van der Waals surface area contributed by atoms with Crippen LogP contribution in [0.4, 0.5) is 15.8 Å². The van der Waals surface area contributed by atoms with Crippen molar-refractivity contribution >= 4 is 11.4 Å². The van der Waals surface area contributed by atoms with Crippen LogP contribution in [0.3, 0.4) is 0 Å². The van der Waals surface area contributed by atoms with Crippen LogP contribution in [0.5, 0.6) is 0 Å². The number of nitro benzene ring substituents is 1. The van der Waals surface area contributed by atoms with Crippen molar-refractivity contribution < 1.29 is 9.31 Å². The molecule has 0 radical (unpaired) electrons. The first-order valence-electron chi connectivity index (χ1n) is 5.50. The summed E-state index contributed by atoms with van der Waals surface area (Å²) < 4.78 is 13.8. The number of benzene rings is 1. The largest absolute Gasteiger partial charge is 0.366 e. The number of rotatable bonds is 2. The van der Waals surface area contributed by atoms with E-state index in [9.17, 15) is 14.5 Å². The summed E-state index contributed by atoms with van der Waals surface area (Å²) in [5.74, 6) is -0.534. The normalized spacial score (nSPS) is 20.4. The highest BCUT2D eigenvalue weighted by atomic mass is 19.1. The first-order valence-corrected chi connectivity index (χ1v) is 5.50. The average Bonchev–Trinajstić information content (AvgIpc) is 2.28. The van der Waals surface area contributed by atoms with Gasteiger partial charge in [0.05, 0.1) is 16.7 Å². The summed E-state index contributed by atoms with van der Waals surface area (Å²) in [5.41, 5.74) is 0.221. The summed E-state index contributed by atoms with van der Waals surface area (Å²) in [6.07, 6.45) is 0. The highest BCUT2D eigenvalue weighted by Gasteiger charge is 2.20. The van der Waals surface area contributed by atoms with Gasteiger partial charge in [0.25, 0.3) is 5.69 Å². The van der Waals surface area contributed by atoms with E-state index in [1.807, 2.05) is 11.8 Å². The van der Waals surface area contributed by atoms with E-state index in [4.69, 9.17) is 0 Å². The van der Waals surface area contributed by atoms with Crippen LogP contribution >= 0.6 is 0 Å². The lowest BCUT2D eigenvalue weighted by Gasteiger charge is -2.33. The number of hydrogen-bond donors (Lipinski definition) is 1. The van der Waals surface area contributed by atoms with Crippen molar-refractivity contribution in [1.29, 1.82) is 0 Å². The van der Waals surface area contributed by atoms with Gasteiger partial charge in [0.2, 0.25) is 0 Å². The van der Waals surface area contributed by atoms with E-state index >= 15 is 0 Å². The number of nitro groups is 1. The SMILES string of the molecule is C[C@H]1CN(c2ccc([N+](=O)[O-])cc2F)CCN1. The Morgan fingerprint density at radius 1 is 1.59 bits per heavy atom. The fraction of sp³-hybridized carbons (Fsp3) is 0.455. The van der Waals surface area contributed by atoms with Gasteiger partial charge in [-0.25, -0.2) is 4.39 Å². The Labute approximate surface area is 98.4 Å². The molecule has 1 aromatic carbocycles. The molecule has 1 saturated heterocycles. The molecule has 6 heteroatoms. The number of nitrogens with one attached hydrogen (secondary N) is 1. The minimum absolute atomic E-state index is 0.213. The van der Waals surface area contributed by atoms with Crippen LogP contribution in [0.25, 0.3) is 0 Å². The van der Waals surface area contributed by atoms with Gasteiger partial charge in [-0.2, -0.15) is 0 Å². The molecule has 2 rings (SSSR count). The maximum atomic E-state index is 13.8. The zero-order valence-corrected chi connectivity index (χ0v) is 9.52. The zero-order chi connectivity index (χ0) is 12.4. The van der Waals surface area contributed by atoms with Crippen molar-refractivity contribution in [3.8, 4) is 0 Å². The molecular formula is C11H14FN3O2. The molecule has 1 heterocycles. The van der Waals surface area contributed by atoms with Gasteiger partial charge in [-0.05, 0) is 13.0 Å². The van der Waals surface area contributed by atoms with Crippen LogP contribution in [0.2, 0.25) is 0 Å². The molecule has 0 spiro atoms. The Morgan fingerprint density at radius 3 is 2.94 bits per heavy atom. The highest BCUT2D eigenvalue weighted by molar-refractivity contribution is 5.52. The molecule has 1 atom stereocenters. The standard InChI is InChI=1S/C11H14FN3O2/c1-8-7-14(5-4-13-8)11-3-2-9(15(16)17)6-10(11)12/h2-3,6,8,13H,4-5,7H2,1H3/t8-/m0/s1. The maximum Gasteiger partial charge on any atom is 0.272 e. The Kier molecular flexibility index (Phi) is 3.23. The zero-order valence-electron chi connectivity index (χ0n) is 9.52. The number of piperazine rings is 1. The molecule has 0 amide bonds. The van der Waals surface area contributed by atoms with Crippen molar-refractivity contribution in [3.63, 3.8) is 0 Å². The van der Waals surface area contributed by atoms with Gasteiger partial charge in [-0.1, -0.05) is 0 Å². The fourth-order valence-corrected chi connectivity index (χ4v) is 2.02. The summed E-state index contributed by atoms with van der Waals surface area (Å²) in [6, 6.07) is 4.08. The lowest BCUT2D eigenvalue weighted by molar-refractivity contribution is -0.385. The molecule has 1 aliphatic rings. The van der Waals surface area contributed by atoms with Gasteiger partial charge >= 0.3 is 0 Å². The van der Waals surface area contributed by atoms with Gasteiger partial charge in [0.1, 0.15) is 0 Å². The van der Waals surface area contributed by atoms with Gasteiger partial charge in [-0.15, -0.1) is 0 Å². The summed E-state index contributed by atoms with van der Waals surface area (Å²) >= 11 is 0. The van der Waals surface area contributed by atoms with Crippen molar-refractivity contribution in [1.82, 2.24) is 5.32 Å². The predicted molar refractivity (Wildman–Crippen MR) is 62.7 cm³/mol. The second-order valence-electron chi connectivity index (χ2n) is 4.19. The third kappa shape index (κ3) is 2.52. The number of halogens is 1. The van der Waals surface area contributed by atoms with E-state index in [-0.39, 0.29) is 5.69 Å². The third-order valence-corrected chi connectivity index (χ3v) is 2.85. The number of hydrogen-bond acceptors (Lipinski definition) is 4. The lowest BCUT2D eigenvalue weighted by atomic mass is 10.2. The smallest absolute Gasteiger partial charge is 0.272 e. The summed E-state index contributed by atoms with van der Waals surface area (Å²) in [4.78, 5) is 11.8. The van der Waals surface area contributed by atoms with Crippen molar-refractivity contribution in [2.45, 2.75) is 13.0 Å². The molecule has 0 aromatic heterocycles. The molecular weight excluding hydrogens is 225 g/mol. The summed E-state index contributed by atoms with van der Waals surface area (Å²) in [5, 5.41) is 13.8. The number of non-ortho nitro benzene ring substituents is 1. The van der Waals surface area contributed by atoms with Gasteiger partial charge in [-0.3, -0.25) is 10.1 Å². The molecule has 1 N–H and O–H groups in total. The minimum atomic E-state index is -0.590. The first-order chi connectivity index (χ1) is 8.08. The van der Waals surface area contributed by atoms with E-state index in [1.165, 1.54) is 12.1 Å². The van der Waals surface area contributed by atoms with Crippen LogP contribution in [0.1, 0.15) is 6.92 Å². The van der Waals surface area contributed by atoms with E-state index < -0.39 is 10.7 Å². The monoisotopic (exact) mass is 239 g/mol. The molecule has 0 saturated carbocycles. The summed E-state index contributed by atoms with van der Waals surface area (Å²) in [7, 11) is 0. The Bertz CT molecular complexity index is 439. The number of nitrogens with zero attached hydrogens (tertiary/aromatic N) is 2. The van der Waals surface area contributed by atoms with E-state index in [1.54, 1.807) is 0 Å². The average molecular weight is 239 g/mol. The molecule has 1 aromatic rings. The van der Waals surface area contributed by atoms with E-state index in [2.05, 4.69) is 5.32 Å². The Balaban J connectivity index is 2.23. The van der Waals surface area contributed by atoms with Crippen molar-refractivity contribution in [3.05, 3.63) is 34.1 Å². The Hall–Kier alpha value is -1.69. The predicted octanol–water partition coefficient (Wildman–Crippen LogP) is 1.53. The minimum Gasteiger partial charge on any atom is -0.366 e. The van der Waals surface area contributed by atoms with Crippen LogP contribution in [-0.2, 0) is 0 Å². The van der Waals surface area contributed by atoms with Crippen LogP contribution < -0.4 is 10.2 Å². The van der Waals surface area contributed by atoms with Crippen LogP contribution in [0, 0.1) is 15.9 Å². The van der Waals surface area contributed by atoms with Gasteiger partial charge in [0, 0.05) is 31.7 Å². The summed E-state index contributed by atoms with van der Waals surface area (Å²) in [6.45, 7) is 4.22. The van der Waals surface area contributed by atoms with Gasteiger partial charge < -0.3 is 10.2 Å². The lowest BCUT2D eigenvalue weighted by Crippen LogP contribution is -2.49. The molecule has 1 fully saturated rings. The van der Waals surface area contributed by atoms with Crippen molar-refractivity contribution in [2.75, 3.05) is 24.5 Å². The second-order valence-corrected chi connectivity index (χ2v) is 4.19. The molecule has 5 nitrogen and oxygen atoms in total. The van der Waals surface area contributed by atoms with Crippen LogP contribution in [0.15, 0.2) is 18.2 Å². The maximum absolute atomic E-state index is 13.8. The van der Waals surface area contributed by atoms with Crippen LogP contribution in [-0.4, -0.2) is 30.6 Å². The molecule has 1 aliphatic heterocycles. The van der Waals surface area contributed by atoms with E-state index in [0.717, 1.165) is 12.6 Å². The molecule has 17 heavy (non-hydrogen) atoms. The quantitative estimate of drug-likeness (QED) is 0.628. The Morgan fingerprint density at radius 2 is 2.35 bits per heavy atom. The molecule has 0 unspecified atom stereocenters. The molecule has 92 valence electrons.